The third kappa shape index (κ3) is 3.16. The van der Waals surface area contributed by atoms with Crippen molar-refractivity contribution in [3.8, 4) is 17.2 Å². The molecule has 0 unspecified atom stereocenters. The van der Waals surface area contributed by atoms with Crippen LogP contribution in [-0.4, -0.2) is 76.1 Å². The van der Waals surface area contributed by atoms with Crippen molar-refractivity contribution in [3.63, 3.8) is 0 Å². The number of likely N-dealkylation sites (tertiary alicyclic amines) is 2. The summed E-state index contributed by atoms with van der Waals surface area (Å²) in [5.74, 6) is -4.84. The van der Waals surface area contributed by atoms with Crippen LogP contribution in [0.5, 0.6) is 17.2 Å². The Labute approximate surface area is 224 Å². The van der Waals surface area contributed by atoms with Gasteiger partial charge in [0.05, 0.1) is 26.1 Å². The molecule has 1 aromatic carbocycles. The van der Waals surface area contributed by atoms with Crippen LogP contribution in [-0.2, 0) is 19.2 Å². The Hall–Kier alpha value is -2.78. The van der Waals surface area contributed by atoms with Crippen LogP contribution in [0.4, 0.5) is 0 Å². The third-order valence-corrected chi connectivity index (χ3v) is 9.80. The number of imide groups is 2. The number of carbonyl (C=O) groups excluding carboxylic acids is 4. The molecule has 2 heterocycles. The number of amides is 4. The van der Waals surface area contributed by atoms with Crippen molar-refractivity contribution in [2.45, 2.75) is 41.9 Å². The van der Waals surface area contributed by atoms with Gasteiger partial charge in [-0.2, -0.15) is 0 Å². The number of hydrogen-bond donors (Lipinski definition) is 1. The SMILES string of the molecule is CCCN1C(=O)[C@H]2[C@H](CC=C3[C@H]2C[C@@]2(Cl)C(=O)N(C)C(=O)[C@@]2(Cl)[C@H]3c2c(O)cc(OC)cc2OC)C1=O. The fraction of sp³-hybridized carbons (Fsp3) is 0.538. The van der Waals surface area contributed by atoms with Gasteiger partial charge in [0, 0.05) is 37.2 Å². The Morgan fingerprint density at radius 3 is 2.38 bits per heavy atom. The van der Waals surface area contributed by atoms with Gasteiger partial charge in [0.15, 0.2) is 9.75 Å². The summed E-state index contributed by atoms with van der Waals surface area (Å²) in [5, 5.41) is 11.2. The highest BCUT2D eigenvalue weighted by Crippen LogP contribution is 2.67. The summed E-state index contributed by atoms with van der Waals surface area (Å²) in [4.78, 5) is 52.0. The van der Waals surface area contributed by atoms with E-state index in [4.69, 9.17) is 32.7 Å². The molecular weight excluding hydrogens is 523 g/mol. The van der Waals surface area contributed by atoms with Gasteiger partial charge in [0.2, 0.25) is 11.8 Å². The van der Waals surface area contributed by atoms with Crippen LogP contribution in [0.2, 0.25) is 0 Å². The van der Waals surface area contributed by atoms with Crippen molar-refractivity contribution in [1.29, 1.82) is 0 Å². The van der Waals surface area contributed by atoms with Crippen molar-refractivity contribution in [1.82, 2.24) is 9.80 Å². The van der Waals surface area contributed by atoms with E-state index in [0.717, 1.165) is 4.90 Å². The Balaban J connectivity index is 1.76. The van der Waals surface area contributed by atoms with Gasteiger partial charge >= 0.3 is 0 Å². The fourth-order valence-corrected chi connectivity index (χ4v) is 7.74. The number of phenols is 1. The molecule has 198 valence electrons. The first-order chi connectivity index (χ1) is 17.5. The molecule has 2 saturated heterocycles. The molecular formula is C26H28Cl2N2O7. The zero-order valence-electron chi connectivity index (χ0n) is 20.9. The molecule has 0 radical (unpaired) electrons. The van der Waals surface area contributed by atoms with Crippen LogP contribution < -0.4 is 9.47 Å². The van der Waals surface area contributed by atoms with E-state index in [-0.39, 0.29) is 41.7 Å². The maximum atomic E-state index is 13.6. The molecule has 9 nitrogen and oxygen atoms in total. The van der Waals surface area contributed by atoms with Crippen molar-refractivity contribution < 1.29 is 33.8 Å². The van der Waals surface area contributed by atoms with E-state index in [1.54, 1.807) is 6.07 Å². The topological polar surface area (TPSA) is 113 Å². The Morgan fingerprint density at radius 1 is 1.05 bits per heavy atom. The summed E-state index contributed by atoms with van der Waals surface area (Å²) < 4.78 is 10.8. The molecule has 4 aliphatic rings. The van der Waals surface area contributed by atoms with Gasteiger partial charge < -0.3 is 14.6 Å². The van der Waals surface area contributed by atoms with E-state index in [1.807, 2.05) is 13.0 Å². The number of ether oxygens (including phenoxy) is 2. The number of methoxy groups -OCH3 is 2. The maximum absolute atomic E-state index is 13.6. The molecule has 0 aromatic heterocycles. The number of fused-ring (bicyclic) bond motifs is 4. The van der Waals surface area contributed by atoms with Crippen molar-refractivity contribution in [2.75, 3.05) is 27.8 Å². The first-order valence-corrected chi connectivity index (χ1v) is 12.9. The molecule has 1 saturated carbocycles. The van der Waals surface area contributed by atoms with Crippen LogP contribution in [0.1, 0.15) is 37.7 Å². The number of hydrogen-bond acceptors (Lipinski definition) is 7. The summed E-state index contributed by atoms with van der Waals surface area (Å²) in [6, 6.07) is 2.90. The monoisotopic (exact) mass is 550 g/mol. The van der Waals surface area contributed by atoms with Crippen molar-refractivity contribution >= 4 is 46.8 Å². The standard InChI is InChI=1S/C26H28Cl2N2O7/c1-5-8-30-21(32)14-7-6-13-15(18(14)22(30)33)11-25(27)23(34)29(2)24(35)26(25,28)20(13)19-16(31)9-12(36-3)10-17(19)37-4/h6,9-10,14-15,18,20,31H,5,7-8,11H2,1-4H3/t14-,15+,18-,20+,25+,26-/m0/s1. The number of phenolic OH excluding ortho intramolecular Hbond substituents is 1. The normalized spacial score (nSPS) is 34.8. The van der Waals surface area contributed by atoms with E-state index in [1.165, 1.54) is 32.2 Å². The number of allylic oxidation sites excluding steroid dienone is 2. The van der Waals surface area contributed by atoms with Crippen LogP contribution >= 0.6 is 23.2 Å². The molecule has 2 aliphatic carbocycles. The largest absolute Gasteiger partial charge is 0.507 e. The minimum Gasteiger partial charge on any atom is -0.507 e. The number of halogens is 2. The highest BCUT2D eigenvalue weighted by molar-refractivity contribution is 6.53. The van der Waals surface area contributed by atoms with Crippen LogP contribution in [0.15, 0.2) is 23.8 Å². The van der Waals surface area contributed by atoms with Crippen LogP contribution in [0.25, 0.3) is 0 Å². The lowest BCUT2D eigenvalue weighted by Crippen LogP contribution is -2.60. The summed E-state index contributed by atoms with van der Waals surface area (Å²) >= 11 is 14.3. The Morgan fingerprint density at radius 2 is 1.76 bits per heavy atom. The zero-order chi connectivity index (χ0) is 27.0. The summed E-state index contributed by atoms with van der Waals surface area (Å²) in [6.07, 6.45) is 2.59. The van der Waals surface area contributed by atoms with E-state index in [0.29, 0.717) is 24.3 Å². The number of nitrogens with zero attached hydrogens (tertiary/aromatic N) is 2. The van der Waals surface area contributed by atoms with Crippen molar-refractivity contribution in [3.05, 3.63) is 29.3 Å². The minimum absolute atomic E-state index is 0.102. The van der Waals surface area contributed by atoms with Gasteiger partial charge in [-0.3, -0.25) is 29.0 Å². The Kier molecular flexibility index (Phi) is 6.03. The van der Waals surface area contributed by atoms with Crippen LogP contribution in [0.3, 0.4) is 0 Å². The number of rotatable bonds is 5. The second-order valence-electron chi connectivity index (χ2n) is 10.1. The maximum Gasteiger partial charge on any atom is 0.253 e. The smallest absolute Gasteiger partial charge is 0.253 e. The lowest BCUT2D eigenvalue weighted by Gasteiger charge is -2.51. The quantitative estimate of drug-likeness (QED) is 0.340. The molecule has 37 heavy (non-hydrogen) atoms. The fourth-order valence-electron chi connectivity index (χ4n) is 6.73. The average molecular weight is 551 g/mol. The first kappa shape index (κ1) is 25.9. The second kappa shape index (κ2) is 8.63. The van der Waals surface area contributed by atoms with Gasteiger partial charge in [-0.05, 0) is 25.2 Å². The molecule has 0 spiro atoms. The van der Waals surface area contributed by atoms with Gasteiger partial charge in [-0.15, -0.1) is 23.2 Å². The van der Waals surface area contributed by atoms with E-state index in [9.17, 15) is 24.3 Å². The second-order valence-corrected chi connectivity index (χ2v) is 11.3. The molecule has 4 amide bonds. The van der Waals surface area contributed by atoms with Crippen molar-refractivity contribution in [2.24, 2.45) is 17.8 Å². The first-order valence-electron chi connectivity index (χ1n) is 12.2. The van der Waals surface area contributed by atoms with Gasteiger partial charge in [-0.25, -0.2) is 0 Å². The number of alkyl halides is 2. The Bertz CT molecular complexity index is 1270. The predicted molar refractivity (Wildman–Crippen MR) is 134 cm³/mol. The molecule has 0 bridgehead atoms. The molecule has 3 fully saturated rings. The molecule has 6 atom stereocenters. The van der Waals surface area contributed by atoms with Gasteiger partial charge in [-0.1, -0.05) is 18.6 Å². The van der Waals surface area contributed by atoms with Gasteiger partial charge in [0.1, 0.15) is 17.2 Å². The zero-order valence-corrected chi connectivity index (χ0v) is 22.4. The average Bonchev–Trinajstić information content (AvgIpc) is 3.19. The minimum atomic E-state index is -2.01. The molecule has 2 aliphatic heterocycles. The highest BCUT2D eigenvalue weighted by atomic mass is 35.5. The lowest BCUT2D eigenvalue weighted by atomic mass is 9.56. The van der Waals surface area contributed by atoms with E-state index in [2.05, 4.69) is 0 Å². The van der Waals surface area contributed by atoms with E-state index >= 15 is 0 Å². The summed E-state index contributed by atoms with van der Waals surface area (Å²) in [6.45, 7) is 2.19. The number of aromatic hydroxyl groups is 1. The molecule has 11 heteroatoms. The highest BCUT2D eigenvalue weighted by Gasteiger charge is 2.76. The molecule has 1 aromatic rings. The van der Waals surface area contributed by atoms with E-state index < -0.39 is 45.2 Å². The molecule has 5 rings (SSSR count). The molecule has 1 N–H and O–H groups in total. The lowest BCUT2D eigenvalue weighted by molar-refractivity contribution is -0.141. The number of benzene rings is 1. The number of carbonyl (C=O) groups is 4. The summed E-state index contributed by atoms with van der Waals surface area (Å²) in [5.41, 5.74) is 0.749. The van der Waals surface area contributed by atoms with Crippen LogP contribution in [0, 0.1) is 17.8 Å². The predicted octanol–water partition coefficient (Wildman–Crippen LogP) is 2.81. The summed E-state index contributed by atoms with van der Waals surface area (Å²) in [7, 11) is 4.14. The third-order valence-electron chi connectivity index (χ3n) is 8.39. The van der Waals surface area contributed by atoms with Gasteiger partial charge in [0.25, 0.3) is 11.8 Å².